The quantitative estimate of drug-likeness (QED) is 0.780. The van der Waals surface area contributed by atoms with Crippen LogP contribution in [0.4, 0.5) is 5.69 Å². The lowest BCUT2D eigenvalue weighted by atomic mass is 9.98. The fourth-order valence-electron chi connectivity index (χ4n) is 2.56. The minimum absolute atomic E-state index is 0.148. The molecule has 1 fully saturated rings. The molecule has 0 unspecified atom stereocenters. The molecule has 4 heteroatoms. The molecule has 0 aliphatic carbocycles. The van der Waals surface area contributed by atoms with Gasteiger partial charge in [0, 0.05) is 36.3 Å². The van der Waals surface area contributed by atoms with Gasteiger partial charge in [0.1, 0.15) is 0 Å². The van der Waals surface area contributed by atoms with E-state index in [2.05, 4.69) is 12.1 Å². The number of carbonyl (C=O) groups excluding carboxylic acids is 1. The van der Waals surface area contributed by atoms with Crippen molar-refractivity contribution >= 4 is 23.4 Å². The van der Waals surface area contributed by atoms with E-state index in [1.54, 1.807) is 0 Å². The molecule has 2 heterocycles. The van der Waals surface area contributed by atoms with Crippen LogP contribution in [0.3, 0.4) is 0 Å². The number of amides is 1. The molecule has 0 aromatic heterocycles. The third-order valence-electron chi connectivity index (χ3n) is 3.57. The third-order valence-corrected chi connectivity index (χ3v) is 4.61. The summed E-state index contributed by atoms with van der Waals surface area (Å²) in [5.41, 5.74) is 1.09. The van der Waals surface area contributed by atoms with Gasteiger partial charge >= 0.3 is 0 Å². The van der Waals surface area contributed by atoms with E-state index < -0.39 is 0 Å². The number of carbonyl (C=O) groups is 1. The van der Waals surface area contributed by atoms with Crippen molar-refractivity contribution in [2.75, 3.05) is 30.4 Å². The van der Waals surface area contributed by atoms with Gasteiger partial charge in [0.25, 0.3) is 0 Å². The first-order chi connectivity index (χ1) is 8.86. The first kappa shape index (κ1) is 12.1. The summed E-state index contributed by atoms with van der Waals surface area (Å²) in [7, 11) is 0. The van der Waals surface area contributed by atoms with Crippen molar-refractivity contribution < 1.29 is 9.53 Å². The van der Waals surface area contributed by atoms with E-state index in [0.717, 1.165) is 44.0 Å². The summed E-state index contributed by atoms with van der Waals surface area (Å²) in [5.74, 6) is 1.42. The van der Waals surface area contributed by atoms with Gasteiger partial charge in [0.2, 0.25) is 5.91 Å². The summed E-state index contributed by atoms with van der Waals surface area (Å²) in [5, 5.41) is 0. The van der Waals surface area contributed by atoms with E-state index in [1.165, 1.54) is 4.90 Å². The Labute approximate surface area is 111 Å². The van der Waals surface area contributed by atoms with Crippen LogP contribution in [0, 0.1) is 5.92 Å². The SMILES string of the molecule is O=C(C1CCOCC1)N1CCSc2ccccc21. The molecule has 1 aromatic rings. The zero-order chi connectivity index (χ0) is 12.4. The summed E-state index contributed by atoms with van der Waals surface area (Å²) < 4.78 is 5.33. The highest BCUT2D eigenvalue weighted by Crippen LogP contribution is 2.35. The Morgan fingerprint density at radius 3 is 2.89 bits per heavy atom. The van der Waals surface area contributed by atoms with E-state index in [4.69, 9.17) is 4.74 Å². The van der Waals surface area contributed by atoms with E-state index in [9.17, 15) is 4.79 Å². The summed E-state index contributed by atoms with van der Waals surface area (Å²) in [4.78, 5) is 15.8. The lowest BCUT2D eigenvalue weighted by molar-refractivity contribution is -0.125. The Balaban J connectivity index is 1.82. The van der Waals surface area contributed by atoms with Crippen LogP contribution >= 0.6 is 11.8 Å². The first-order valence-corrected chi connectivity index (χ1v) is 7.46. The molecule has 0 saturated carbocycles. The molecule has 0 N–H and O–H groups in total. The van der Waals surface area contributed by atoms with Gasteiger partial charge in [-0.25, -0.2) is 0 Å². The minimum atomic E-state index is 0.148. The van der Waals surface area contributed by atoms with Gasteiger partial charge < -0.3 is 9.64 Å². The highest BCUT2D eigenvalue weighted by molar-refractivity contribution is 7.99. The number of ether oxygens (including phenoxy) is 1. The highest BCUT2D eigenvalue weighted by atomic mass is 32.2. The molecular weight excluding hydrogens is 246 g/mol. The summed E-state index contributed by atoms with van der Waals surface area (Å²) in [6.07, 6.45) is 1.73. The van der Waals surface area contributed by atoms with Crippen LogP contribution in [0.2, 0.25) is 0 Å². The predicted octanol–water partition coefficient (Wildman–Crippen LogP) is 2.55. The van der Waals surface area contributed by atoms with Crippen molar-refractivity contribution in [1.82, 2.24) is 0 Å². The number of benzene rings is 1. The van der Waals surface area contributed by atoms with Crippen LogP contribution in [-0.2, 0) is 9.53 Å². The predicted molar refractivity (Wildman–Crippen MR) is 73.1 cm³/mol. The largest absolute Gasteiger partial charge is 0.381 e. The lowest BCUT2D eigenvalue weighted by Crippen LogP contribution is -2.41. The van der Waals surface area contributed by atoms with Gasteiger partial charge in [-0.05, 0) is 25.0 Å². The second kappa shape index (κ2) is 5.33. The van der Waals surface area contributed by atoms with Gasteiger partial charge in [-0.2, -0.15) is 0 Å². The summed E-state index contributed by atoms with van der Waals surface area (Å²) >= 11 is 1.84. The number of para-hydroxylation sites is 1. The maximum absolute atomic E-state index is 12.6. The second-order valence-corrected chi connectivity index (χ2v) is 5.83. The molecule has 1 amide bonds. The Hall–Kier alpha value is -1.00. The molecule has 96 valence electrons. The molecule has 3 nitrogen and oxygen atoms in total. The van der Waals surface area contributed by atoms with Crippen LogP contribution in [0.25, 0.3) is 0 Å². The zero-order valence-electron chi connectivity index (χ0n) is 10.3. The summed E-state index contributed by atoms with van der Waals surface area (Å²) in [6.45, 7) is 2.28. The van der Waals surface area contributed by atoms with Gasteiger partial charge in [-0.1, -0.05) is 12.1 Å². The van der Waals surface area contributed by atoms with Crippen LogP contribution in [0.1, 0.15) is 12.8 Å². The molecule has 2 aliphatic rings. The molecule has 0 bridgehead atoms. The zero-order valence-corrected chi connectivity index (χ0v) is 11.1. The van der Waals surface area contributed by atoms with Crippen LogP contribution in [-0.4, -0.2) is 31.4 Å². The topological polar surface area (TPSA) is 29.5 Å². The number of hydrogen-bond acceptors (Lipinski definition) is 3. The van der Waals surface area contributed by atoms with E-state index in [0.29, 0.717) is 0 Å². The molecule has 3 rings (SSSR count). The Kier molecular flexibility index (Phi) is 3.57. The molecule has 0 radical (unpaired) electrons. The van der Waals surface area contributed by atoms with E-state index in [-0.39, 0.29) is 11.8 Å². The molecular formula is C14H17NO2S. The number of nitrogens with zero attached hydrogens (tertiary/aromatic N) is 1. The van der Waals surface area contributed by atoms with Crippen molar-refractivity contribution in [2.45, 2.75) is 17.7 Å². The number of thioether (sulfide) groups is 1. The molecule has 18 heavy (non-hydrogen) atoms. The molecule has 1 saturated heterocycles. The van der Waals surface area contributed by atoms with Crippen molar-refractivity contribution in [3.63, 3.8) is 0 Å². The summed E-state index contributed by atoms with van der Waals surface area (Å²) in [6, 6.07) is 8.20. The van der Waals surface area contributed by atoms with Crippen LogP contribution in [0.5, 0.6) is 0 Å². The third kappa shape index (κ3) is 2.27. The smallest absolute Gasteiger partial charge is 0.230 e. The molecule has 2 aliphatic heterocycles. The van der Waals surface area contributed by atoms with Gasteiger partial charge in [-0.3, -0.25) is 4.79 Å². The van der Waals surface area contributed by atoms with Gasteiger partial charge in [-0.15, -0.1) is 11.8 Å². The number of rotatable bonds is 1. The average molecular weight is 263 g/mol. The number of fused-ring (bicyclic) bond motifs is 1. The highest BCUT2D eigenvalue weighted by Gasteiger charge is 2.29. The number of hydrogen-bond donors (Lipinski definition) is 0. The van der Waals surface area contributed by atoms with E-state index in [1.807, 2.05) is 28.8 Å². The maximum Gasteiger partial charge on any atom is 0.230 e. The van der Waals surface area contributed by atoms with Gasteiger partial charge in [0.05, 0.1) is 5.69 Å². The maximum atomic E-state index is 12.6. The van der Waals surface area contributed by atoms with E-state index >= 15 is 0 Å². The molecule has 0 atom stereocenters. The fourth-order valence-corrected chi connectivity index (χ4v) is 3.56. The fraction of sp³-hybridized carbons (Fsp3) is 0.500. The minimum Gasteiger partial charge on any atom is -0.381 e. The van der Waals surface area contributed by atoms with Crippen LogP contribution in [0.15, 0.2) is 29.2 Å². The average Bonchev–Trinajstić information content (AvgIpc) is 2.47. The van der Waals surface area contributed by atoms with Crippen molar-refractivity contribution in [1.29, 1.82) is 0 Å². The van der Waals surface area contributed by atoms with Crippen molar-refractivity contribution in [2.24, 2.45) is 5.92 Å². The Morgan fingerprint density at radius 1 is 1.28 bits per heavy atom. The van der Waals surface area contributed by atoms with Gasteiger partial charge in [0.15, 0.2) is 0 Å². The Morgan fingerprint density at radius 2 is 2.06 bits per heavy atom. The number of anilines is 1. The first-order valence-electron chi connectivity index (χ1n) is 6.47. The van der Waals surface area contributed by atoms with Crippen LogP contribution < -0.4 is 4.90 Å². The second-order valence-electron chi connectivity index (χ2n) is 4.69. The monoisotopic (exact) mass is 263 g/mol. The Bertz CT molecular complexity index is 443. The van der Waals surface area contributed by atoms with Crippen molar-refractivity contribution in [3.8, 4) is 0 Å². The van der Waals surface area contributed by atoms with Crippen molar-refractivity contribution in [3.05, 3.63) is 24.3 Å². The normalized spacial score (nSPS) is 20.6. The standard InChI is InChI=1S/C14H17NO2S/c16-14(11-5-8-17-9-6-11)15-7-10-18-13-4-2-1-3-12(13)15/h1-4,11H,5-10H2. The lowest BCUT2D eigenvalue weighted by Gasteiger charge is -2.33. The molecule has 1 aromatic carbocycles. The molecule has 0 spiro atoms.